The molecule has 0 aromatic heterocycles. The second-order valence-electron chi connectivity index (χ2n) is 4.30. The number of Topliss-reactive ketones (excluding diaryl/α,β-unsaturated/α-hetero) is 1. The Kier molecular flexibility index (Phi) is 3.42. The predicted octanol–water partition coefficient (Wildman–Crippen LogP) is 3.64. The minimum Gasteiger partial charge on any atom is -0.300 e. The molecular weight excluding hydrogens is 208 g/mol. The molecule has 0 bridgehead atoms. The van der Waals surface area contributed by atoms with Crippen molar-refractivity contribution in [3.8, 4) is 0 Å². The molecule has 15 heavy (non-hydrogen) atoms. The molecule has 1 aromatic carbocycles. The lowest BCUT2D eigenvalue weighted by Gasteiger charge is -2.21. The van der Waals surface area contributed by atoms with Gasteiger partial charge in [0, 0.05) is 17.9 Å². The van der Waals surface area contributed by atoms with E-state index in [9.17, 15) is 4.79 Å². The van der Waals surface area contributed by atoms with Crippen LogP contribution in [0.3, 0.4) is 0 Å². The Morgan fingerprint density at radius 3 is 2.87 bits per heavy atom. The fourth-order valence-corrected chi connectivity index (χ4v) is 2.48. The molecule has 0 spiro atoms. The average Bonchev–Trinajstić information content (AvgIpc) is 2.22. The van der Waals surface area contributed by atoms with Crippen molar-refractivity contribution in [2.24, 2.45) is 5.92 Å². The number of hydrogen-bond acceptors (Lipinski definition) is 1. The number of rotatable bonds is 2. The third-order valence-electron chi connectivity index (χ3n) is 3.05. The number of halogens is 1. The summed E-state index contributed by atoms with van der Waals surface area (Å²) in [7, 11) is 0. The summed E-state index contributed by atoms with van der Waals surface area (Å²) in [5.74, 6) is 0.921. The first kappa shape index (κ1) is 10.7. The van der Waals surface area contributed by atoms with Gasteiger partial charge in [0.15, 0.2) is 0 Å². The summed E-state index contributed by atoms with van der Waals surface area (Å²) >= 11 is 6.09. The highest BCUT2D eigenvalue weighted by Crippen LogP contribution is 2.27. The molecule has 0 aliphatic heterocycles. The third kappa shape index (κ3) is 2.82. The van der Waals surface area contributed by atoms with E-state index in [1.54, 1.807) is 0 Å². The van der Waals surface area contributed by atoms with Crippen molar-refractivity contribution in [2.75, 3.05) is 0 Å². The number of benzene rings is 1. The lowest BCUT2D eigenvalue weighted by Crippen LogP contribution is -2.16. The van der Waals surface area contributed by atoms with Gasteiger partial charge in [-0.25, -0.2) is 0 Å². The number of carbonyl (C=O) groups excluding carboxylic acids is 1. The summed E-state index contributed by atoms with van der Waals surface area (Å²) in [6, 6.07) is 7.92. The standard InChI is InChI=1S/C13H15ClO/c14-13-7-2-1-5-11(13)8-10-4-3-6-12(15)9-10/h1-2,5,7,10H,3-4,6,8-9H2. The van der Waals surface area contributed by atoms with Crippen LogP contribution >= 0.6 is 11.6 Å². The van der Waals surface area contributed by atoms with Crippen molar-refractivity contribution >= 4 is 17.4 Å². The molecule has 1 aromatic rings. The lowest BCUT2D eigenvalue weighted by molar-refractivity contribution is -0.121. The highest BCUT2D eigenvalue weighted by Gasteiger charge is 2.20. The van der Waals surface area contributed by atoms with Crippen LogP contribution in [0.25, 0.3) is 0 Å². The molecule has 2 rings (SSSR count). The molecule has 0 heterocycles. The molecule has 1 aliphatic carbocycles. The van der Waals surface area contributed by atoms with Gasteiger partial charge in [-0.3, -0.25) is 4.79 Å². The minimum absolute atomic E-state index is 0.415. The first-order chi connectivity index (χ1) is 7.25. The zero-order valence-electron chi connectivity index (χ0n) is 8.71. The van der Waals surface area contributed by atoms with Gasteiger partial charge in [0.1, 0.15) is 5.78 Å². The first-order valence-corrected chi connectivity index (χ1v) is 5.88. The number of carbonyl (C=O) groups is 1. The Morgan fingerprint density at radius 2 is 2.13 bits per heavy atom. The lowest BCUT2D eigenvalue weighted by atomic mass is 9.84. The van der Waals surface area contributed by atoms with Gasteiger partial charge in [-0.1, -0.05) is 29.8 Å². The summed E-state index contributed by atoms with van der Waals surface area (Å²) in [6.45, 7) is 0. The van der Waals surface area contributed by atoms with Crippen molar-refractivity contribution in [1.82, 2.24) is 0 Å². The Hall–Kier alpha value is -0.820. The Morgan fingerprint density at radius 1 is 1.33 bits per heavy atom. The largest absolute Gasteiger partial charge is 0.300 e. The summed E-state index contributed by atoms with van der Waals surface area (Å²) in [5.41, 5.74) is 1.18. The zero-order chi connectivity index (χ0) is 10.7. The van der Waals surface area contributed by atoms with Gasteiger partial charge in [-0.2, -0.15) is 0 Å². The van der Waals surface area contributed by atoms with Crippen LogP contribution in [-0.2, 0) is 11.2 Å². The molecule has 1 aliphatic rings. The maximum absolute atomic E-state index is 11.3. The van der Waals surface area contributed by atoms with Crippen molar-refractivity contribution in [3.05, 3.63) is 34.9 Å². The van der Waals surface area contributed by atoms with E-state index in [1.165, 1.54) is 5.56 Å². The molecular formula is C13H15ClO. The second-order valence-corrected chi connectivity index (χ2v) is 4.70. The van der Waals surface area contributed by atoms with Crippen LogP contribution in [-0.4, -0.2) is 5.78 Å². The summed E-state index contributed by atoms with van der Waals surface area (Å²) in [4.78, 5) is 11.3. The van der Waals surface area contributed by atoms with Gasteiger partial charge >= 0.3 is 0 Å². The predicted molar refractivity (Wildman–Crippen MR) is 62.1 cm³/mol. The highest BCUT2D eigenvalue weighted by molar-refractivity contribution is 6.31. The third-order valence-corrected chi connectivity index (χ3v) is 3.42. The van der Waals surface area contributed by atoms with Crippen LogP contribution in [0, 0.1) is 5.92 Å². The fourth-order valence-electron chi connectivity index (χ4n) is 2.26. The molecule has 0 saturated heterocycles. The van der Waals surface area contributed by atoms with Gasteiger partial charge in [0.2, 0.25) is 0 Å². The second kappa shape index (κ2) is 4.80. The van der Waals surface area contributed by atoms with Gasteiger partial charge in [0.05, 0.1) is 0 Å². The van der Waals surface area contributed by atoms with E-state index in [0.29, 0.717) is 11.7 Å². The van der Waals surface area contributed by atoms with Crippen LogP contribution in [0.1, 0.15) is 31.2 Å². The maximum atomic E-state index is 11.3. The van der Waals surface area contributed by atoms with E-state index in [0.717, 1.165) is 37.1 Å². The number of hydrogen-bond donors (Lipinski definition) is 0. The average molecular weight is 223 g/mol. The summed E-state index contributed by atoms with van der Waals surface area (Å²) < 4.78 is 0. The summed E-state index contributed by atoms with van der Waals surface area (Å²) in [6.07, 6.45) is 4.68. The van der Waals surface area contributed by atoms with Crippen molar-refractivity contribution in [3.63, 3.8) is 0 Å². The molecule has 80 valence electrons. The number of ketones is 1. The highest BCUT2D eigenvalue weighted by atomic mass is 35.5. The van der Waals surface area contributed by atoms with Crippen LogP contribution in [0.5, 0.6) is 0 Å². The van der Waals surface area contributed by atoms with E-state index < -0.39 is 0 Å². The van der Waals surface area contributed by atoms with E-state index in [1.807, 2.05) is 18.2 Å². The van der Waals surface area contributed by atoms with Crippen molar-refractivity contribution in [2.45, 2.75) is 32.1 Å². The maximum Gasteiger partial charge on any atom is 0.133 e. The Bertz CT molecular complexity index is 359. The molecule has 0 radical (unpaired) electrons. The molecule has 1 unspecified atom stereocenters. The van der Waals surface area contributed by atoms with Crippen molar-refractivity contribution < 1.29 is 4.79 Å². The van der Waals surface area contributed by atoms with Crippen LogP contribution in [0.15, 0.2) is 24.3 Å². The summed E-state index contributed by atoms with van der Waals surface area (Å²) in [5, 5.41) is 0.829. The fraction of sp³-hybridized carbons (Fsp3) is 0.462. The normalized spacial score (nSPS) is 21.7. The van der Waals surface area contributed by atoms with E-state index in [-0.39, 0.29) is 0 Å². The molecule has 0 amide bonds. The van der Waals surface area contributed by atoms with E-state index in [2.05, 4.69) is 6.07 Å². The van der Waals surface area contributed by atoms with Gasteiger partial charge < -0.3 is 0 Å². The van der Waals surface area contributed by atoms with E-state index >= 15 is 0 Å². The van der Waals surface area contributed by atoms with Gasteiger partial charge in [0.25, 0.3) is 0 Å². The van der Waals surface area contributed by atoms with Gasteiger partial charge in [-0.15, -0.1) is 0 Å². The molecule has 1 nitrogen and oxygen atoms in total. The SMILES string of the molecule is O=C1CCCC(Cc2ccccc2Cl)C1. The van der Waals surface area contributed by atoms with Crippen LogP contribution < -0.4 is 0 Å². The topological polar surface area (TPSA) is 17.1 Å². The van der Waals surface area contributed by atoms with Crippen LogP contribution in [0.2, 0.25) is 5.02 Å². The van der Waals surface area contributed by atoms with Crippen LogP contribution in [0.4, 0.5) is 0 Å². The van der Waals surface area contributed by atoms with Gasteiger partial charge in [-0.05, 0) is 36.8 Å². The monoisotopic (exact) mass is 222 g/mol. The molecule has 1 atom stereocenters. The molecule has 1 fully saturated rings. The Balaban J connectivity index is 2.02. The zero-order valence-corrected chi connectivity index (χ0v) is 9.46. The quantitative estimate of drug-likeness (QED) is 0.747. The molecule has 0 N–H and O–H groups in total. The van der Waals surface area contributed by atoms with Crippen molar-refractivity contribution in [1.29, 1.82) is 0 Å². The smallest absolute Gasteiger partial charge is 0.133 e. The minimum atomic E-state index is 0.415. The first-order valence-electron chi connectivity index (χ1n) is 5.51. The molecule has 2 heteroatoms. The van der Waals surface area contributed by atoms with E-state index in [4.69, 9.17) is 11.6 Å². The molecule has 1 saturated carbocycles. The Labute approximate surface area is 95.4 Å².